The van der Waals surface area contributed by atoms with Gasteiger partial charge in [-0.05, 0) is 62.2 Å². The van der Waals surface area contributed by atoms with E-state index in [1.54, 1.807) is 30.3 Å². The van der Waals surface area contributed by atoms with Crippen LogP contribution in [0.1, 0.15) is 28.4 Å². The quantitative estimate of drug-likeness (QED) is 0.836. The zero-order valence-corrected chi connectivity index (χ0v) is 14.0. The van der Waals surface area contributed by atoms with Crippen molar-refractivity contribution < 1.29 is 14.3 Å². The molecule has 0 aliphatic carbocycles. The third-order valence-electron chi connectivity index (χ3n) is 3.30. The summed E-state index contributed by atoms with van der Waals surface area (Å²) >= 11 is 6.14. The lowest BCUT2D eigenvalue weighted by molar-refractivity contribution is -0.118. The SMILES string of the molecule is CC(=O)c1ccc(NC(=O)COc2c(C)cc(C)cc2Cl)cc1. The van der Waals surface area contributed by atoms with Gasteiger partial charge in [0.15, 0.2) is 12.4 Å². The Bertz CT molecular complexity index is 715. The molecule has 0 aromatic heterocycles. The van der Waals surface area contributed by atoms with Gasteiger partial charge in [-0.2, -0.15) is 0 Å². The molecule has 1 N–H and O–H groups in total. The Hall–Kier alpha value is -2.33. The van der Waals surface area contributed by atoms with Crippen LogP contribution in [0.4, 0.5) is 5.69 Å². The maximum absolute atomic E-state index is 11.9. The van der Waals surface area contributed by atoms with E-state index in [1.807, 2.05) is 19.9 Å². The number of aryl methyl sites for hydroxylation is 2. The van der Waals surface area contributed by atoms with Crippen LogP contribution in [-0.4, -0.2) is 18.3 Å². The van der Waals surface area contributed by atoms with E-state index in [4.69, 9.17) is 16.3 Å². The maximum Gasteiger partial charge on any atom is 0.262 e. The first-order valence-electron chi connectivity index (χ1n) is 7.17. The molecule has 2 aromatic rings. The molecule has 23 heavy (non-hydrogen) atoms. The van der Waals surface area contributed by atoms with Crippen LogP contribution < -0.4 is 10.1 Å². The predicted octanol–water partition coefficient (Wildman–Crippen LogP) is 4.18. The highest BCUT2D eigenvalue weighted by Crippen LogP contribution is 2.29. The van der Waals surface area contributed by atoms with Gasteiger partial charge in [-0.1, -0.05) is 17.7 Å². The molecule has 0 bridgehead atoms. The molecule has 4 nitrogen and oxygen atoms in total. The average Bonchev–Trinajstić information content (AvgIpc) is 2.46. The average molecular weight is 332 g/mol. The molecule has 0 fully saturated rings. The summed E-state index contributed by atoms with van der Waals surface area (Å²) in [5.41, 5.74) is 3.13. The topological polar surface area (TPSA) is 55.4 Å². The Balaban J connectivity index is 1.96. The summed E-state index contributed by atoms with van der Waals surface area (Å²) < 4.78 is 5.52. The van der Waals surface area contributed by atoms with E-state index in [0.29, 0.717) is 22.0 Å². The number of anilines is 1. The molecule has 0 radical (unpaired) electrons. The van der Waals surface area contributed by atoms with Gasteiger partial charge in [0.1, 0.15) is 5.75 Å². The van der Waals surface area contributed by atoms with Gasteiger partial charge in [-0.15, -0.1) is 0 Å². The second-order valence-electron chi connectivity index (χ2n) is 5.36. The van der Waals surface area contributed by atoms with Crippen LogP contribution in [0.5, 0.6) is 5.75 Å². The fourth-order valence-corrected chi connectivity index (χ4v) is 2.58. The molecular weight excluding hydrogens is 314 g/mol. The molecule has 0 spiro atoms. The molecule has 0 saturated carbocycles. The molecular formula is C18H18ClNO3. The number of nitrogens with one attached hydrogen (secondary N) is 1. The summed E-state index contributed by atoms with van der Waals surface area (Å²) in [7, 11) is 0. The summed E-state index contributed by atoms with van der Waals surface area (Å²) in [4.78, 5) is 23.2. The van der Waals surface area contributed by atoms with Crippen LogP contribution in [0.2, 0.25) is 5.02 Å². The van der Waals surface area contributed by atoms with E-state index in [0.717, 1.165) is 11.1 Å². The molecule has 120 valence electrons. The lowest BCUT2D eigenvalue weighted by Crippen LogP contribution is -2.20. The minimum atomic E-state index is -0.295. The molecule has 0 aliphatic rings. The summed E-state index contributed by atoms with van der Waals surface area (Å²) in [6.45, 7) is 5.18. The second kappa shape index (κ2) is 7.29. The number of halogens is 1. The smallest absolute Gasteiger partial charge is 0.262 e. The molecule has 0 heterocycles. The summed E-state index contributed by atoms with van der Waals surface area (Å²) in [5.74, 6) is 0.201. The number of ketones is 1. The number of amides is 1. The van der Waals surface area contributed by atoms with E-state index < -0.39 is 0 Å². The van der Waals surface area contributed by atoms with Crippen LogP contribution in [0.15, 0.2) is 36.4 Å². The molecule has 0 atom stereocenters. The van der Waals surface area contributed by atoms with Gasteiger partial charge in [0.05, 0.1) is 5.02 Å². The number of hydrogen-bond acceptors (Lipinski definition) is 3. The molecule has 2 aromatic carbocycles. The predicted molar refractivity (Wildman–Crippen MR) is 91.5 cm³/mol. The second-order valence-corrected chi connectivity index (χ2v) is 5.77. The van der Waals surface area contributed by atoms with Crippen molar-refractivity contribution in [2.24, 2.45) is 0 Å². The van der Waals surface area contributed by atoms with Crippen molar-refractivity contribution in [2.75, 3.05) is 11.9 Å². The number of benzene rings is 2. The Morgan fingerprint density at radius 3 is 2.35 bits per heavy atom. The van der Waals surface area contributed by atoms with Gasteiger partial charge in [-0.3, -0.25) is 9.59 Å². The highest BCUT2D eigenvalue weighted by Gasteiger charge is 2.10. The number of hydrogen-bond donors (Lipinski definition) is 1. The van der Waals surface area contributed by atoms with Crippen LogP contribution in [0, 0.1) is 13.8 Å². The van der Waals surface area contributed by atoms with Gasteiger partial charge >= 0.3 is 0 Å². The molecule has 5 heteroatoms. The lowest BCUT2D eigenvalue weighted by atomic mass is 10.1. The first kappa shape index (κ1) is 17.0. The van der Waals surface area contributed by atoms with Crippen molar-refractivity contribution in [2.45, 2.75) is 20.8 Å². The van der Waals surface area contributed by atoms with Crippen LogP contribution in [-0.2, 0) is 4.79 Å². The Kier molecular flexibility index (Phi) is 5.40. The monoisotopic (exact) mass is 331 g/mol. The molecule has 0 unspecified atom stereocenters. The Morgan fingerprint density at radius 1 is 1.13 bits per heavy atom. The fraction of sp³-hybridized carbons (Fsp3) is 0.222. The zero-order valence-electron chi connectivity index (χ0n) is 13.3. The van der Waals surface area contributed by atoms with Crippen molar-refractivity contribution in [1.82, 2.24) is 0 Å². The fourth-order valence-electron chi connectivity index (χ4n) is 2.21. The van der Waals surface area contributed by atoms with E-state index in [9.17, 15) is 9.59 Å². The Labute approximate surface area is 140 Å². The molecule has 2 rings (SSSR count). The maximum atomic E-state index is 11.9. The standard InChI is InChI=1S/C18H18ClNO3/c1-11-8-12(2)18(16(19)9-11)23-10-17(22)20-15-6-4-14(5-7-15)13(3)21/h4-9H,10H2,1-3H3,(H,20,22). The third kappa shape index (κ3) is 4.57. The van der Waals surface area contributed by atoms with Crippen LogP contribution in [0.3, 0.4) is 0 Å². The number of rotatable bonds is 5. The number of Topliss-reactive ketones (excluding diaryl/α,β-unsaturated/α-hetero) is 1. The summed E-state index contributed by atoms with van der Waals surface area (Å²) in [6, 6.07) is 10.4. The third-order valence-corrected chi connectivity index (χ3v) is 3.58. The first-order valence-corrected chi connectivity index (χ1v) is 7.55. The van der Waals surface area contributed by atoms with Crippen molar-refractivity contribution in [1.29, 1.82) is 0 Å². The van der Waals surface area contributed by atoms with Crippen molar-refractivity contribution in [3.63, 3.8) is 0 Å². The number of ether oxygens (including phenoxy) is 1. The number of carbonyl (C=O) groups is 2. The normalized spacial score (nSPS) is 10.3. The minimum absolute atomic E-state index is 0.0179. The van der Waals surface area contributed by atoms with Crippen molar-refractivity contribution in [3.8, 4) is 5.75 Å². The van der Waals surface area contributed by atoms with Gasteiger partial charge in [0.2, 0.25) is 0 Å². The largest absolute Gasteiger partial charge is 0.482 e. The van der Waals surface area contributed by atoms with E-state index in [1.165, 1.54) is 6.92 Å². The summed E-state index contributed by atoms with van der Waals surface area (Å²) in [6.07, 6.45) is 0. The van der Waals surface area contributed by atoms with Gasteiger partial charge in [0, 0.05) is 11.3 Å². The zero-order chi connectivity index (χ0) is 17.0. The Morgan fingerprint density at radius 2 is 1.78 bits per heavy atom. The van der Waals surface area contributed by atoms with E-state index in [-0.39, 0.29) is 18.3 Å². The highest BCUT2D eigenvalue weighted by atomic mass is 35.5. The van der Waals surface area contributed by atoms with Crippen molar-refractivity contribution in [3.05, 3.63) is 58.1 Å². The van der Waals surface area contributed by atoms with Crippen LogP contribution >= 0.6 is 11.6 Å². The van der Waals surface area contributed by atoms with Gasteiger partial charge in [0.25, 0.3) is 5.91 Å². The minimum Gasteiger partial charge on any atom is -0.482 e. The first-order chi connectivity index (χ1) is 10.9. The lowest BCUT2D eigenvalue weighted by Gasteiger charge is -2.12. The van der Waals surface area contributed by atoms with E-state index >= 15 is 0 Å². The van der Waals surface area contributed by atoms with Crippen molar-refractivity contribution >= 4 is 29.0 Å². The number of carbonyl (C=O) groups excluding carboxylic acids is 2. The van der Waals surface area contributed by atoms with Gasteiger partial charge in [-0.25, -0.2) is 0 Å². The van der Waals surface area contributed by atoms with Crippen LogP contribution in [0.25, 0.3) is 0 Å². The molecule has 0 saturated heterocycles. The summed E-state index contributed by atoms with van der Waals surface area (Å²) in [5, 5.41) is 3.20. The molecule has 0 aliphatic heterocycles. The van der Waals surface area contributed by atoms with E-state index in [2.05, 4.69) is 5.32 Å². The van der Waals surface area contributed by atoms with Gasteiger partial charge < -0.3 is 10.1 Å². The highest BCUT2D eigenvalue weighted by molar-refractivity contribution is 6.32. The molecule has 1 amide bonds.